The lowest BCUT2D eigenvalue weighted by molar-refractivity contribution is -0.167. The average Bonchev–Trinajstić information content (AvgIpc) is 3.30. The van der Waals surface area contributed by atoms with Gasteiger partial charge in [-0.1, -0.05) is 298 Å². The summed E-state index contributed by atoms with van der Waals surface area (Å²) in [5.41, 5.74) is 0. The van der Waals surface area contributed by atoms with E-state index in [-0.39, 0.29) is 31.1 Å². The molecule has 392 valence electrons. The second-order valence-corrected chi connectivity index (χ2v) is 21.4. The number of carbonyl (C=O) groups excluding carboxylic acids is 3. The van der Waals surface area contributed by atoms with E-state index < -0.39 is 6.10 Å². The molecule has 0 aliphatic heterocycles. The molecule has 0 bridgehead atoms. The van der Waals surface area contributed by atoms with Crippen LogP contribution in [0.3, 0.4) is 0 Å². The van der Waals surface area contributed by atoms with Crippen molar-refractivity contribution in [3.05, 3.63) is 0 Å². The summed E-state index contributed by atoms with van der Waals surface area (Å²) in [6.07, 6.45) is 56.7. The summed E-state index contributed by atoms with van der Waals surface area (Å²) in [5.74, 6) is 0.887. The fraction of sp³-hybridized carbons (Fsp3) is 0.950. The van der Waals surface area contributed by atoms with E-state index in [1.54, 1.807) is 0 Å². The van der Waals surface area contributed by atoms with Gasteiger partial charge in [-0.05, 0) is 31.1 Å². The van der Waals surface area contributed by atoms with Crippen LogP contribution >= 0.6 is 0 Å². The molecule has 0 rings (SSSR count). The van der Waals surface area contributed by atoms with Crippen molar-refractivity contribution >= 4 is 17.9 Å². The third-order valence-corrected chi connectivity index (χ3v) is 14.1. The minimum absolute atomic E-state index is 0.0627. The van der Waals surface area contributed by atoms with Gasteiger partial charge in [0, 0.05) is 19.3 Å². The van der Waals surface area contributed by atoms with Crippen molar-refractivity contribution in [2.45, 2.75) is 343 Å². The molecule has 0 aromatic rings. The first-order valence-electron chi connectivity index (χ1n) is 29.8. The predicted molar refractivity (Wildman–Crippen MR) is 284 cm³/mol. The normalized spacial score (nSPS) is 12.5. The average molecular weight is 934 g/mol. The van der Waals surface area contributed by atoms with Crippen LogP contribution in [0.2, 0.25) is 0 Å². The highest BCUT2D eigenvalue weighted by Gasteiger charge is 2.19. The van der Waals surface area contributed by atoms with E-state index >= 15 is 0 Å². The Kier molecular flexibility index (Phi) is 51.5. The van der Waals surface area contributed by atoms with E-state index in [0.717, 1.165) is 69.6 Å². The van der Waals surface area contributed by atoms with E-state index in [0.29, 0.717) is 19.3 Å². The molecule has 1 unspecified atom stereocenters. The molecule has 0 aliphatic carbocycles. The quantitative estimate of drug-likeness (QED) is 0.0343. The molecule has 0 aliphatic rings. The third kappa shape index (κ3) is 51.8. The van der Waals surface area contributed by atoms with Crippen LogP contribution in [0, 0.1) is 11.8 Å². The van der Waals surface area contributed by atoms with Crippen molar-refractivity contribution in [2.75, 3.05) is 13.2 Å². The van der Waals surface area contributed by atoms with Gasteiger partial charge in [0.15, 0.2) is 6.10 Å². The van der Waals surface area contributed by atoms with Gasteiger partial charge in [0.1, 0.15) is 13.2 Å². The lowest BCUT2D eigenvalue weighted by Crippen LogP contribution is -2.30. The van der Waals surface area contributed by atoms with Gasteiger partial charge in [0.2, 0.25) is 0 Å². The van der Waals surface area contributed by atoms with Crippen molar-refractivity contribution in [1.29, 1.82) is 0 Å². The van der Waals surface area contributed by atoms with E-state index in [1.807, 2.05) is 0 Å². The lowest BCUT2D eigenvalue weighted by Gasteiger charge is -2.18. The van der Waals surface area contributed by atoms with Gasteiger partial charge in [-0.15, -0.1) is 0 Å². The van der Waals surface area contributed by atoms with Crippen LogP contribution in [-0.2, 0) is 28.6 Å². The molecule has 0 fully saturated rings. The number of unbranched alkanes of at least 4 members (excludes halogenated alkanes) is 38. The predicted octanol–water partition coefficient (Wildman–Crippen LogP) is 19.7. The van der Waals surface area contributed by atoms with Crippen LogP contribution in [-0.4, -0.2) is 37.2 Å². The molecule has 0 aromatic heterocycles. The Balaban J connectivity index is 4.22. The van der Waals surface area contributed by atoms with Crippen LogP contribution in [0.25, 0.3) is 0 Å². The molecule has 0 heterocycles. The number of hydrogen-bond donors (Lipinski definition) is 0. The molecule has 0 radical (unpaired) electrons. The zero-order chi connectivity index (χ0) is 48.2. The van der Waals surface area contributed by atoms with Gasteiger partial charge >= 0.3 is 17.9 Å². The molecule has 6 nitrogen and oxygen atoms in total. The van der Waals surface area contributed by atoms with E-state index in [2.05, 4.69) is 34.6 Å². The molecule has 0 amide bonds. The number of carbonyl (C=O) groups is 3. The Bertz CT molecular complexity index is 1010. The maximum Gasteiger partial charge on any atom is 0.306 e. The Labute approximate surface area is 412 Å². The minimum Gasteiger partial charge on any atom is -0.462 e. The first kappa shape index (κ1) is 64.4. The Morgan fingerprint density at radius 2 is 0.576 bits per heavy atom. The zero-order valence-corrected chi connectivity index (χ0v) is 45.3. The van der Waals surface area contributed by atoms with Gasteiger partial charge in [0.25, 0.3) is 0 Å². The molecule has 0 spiro atoms. The van der Waals surface area contributed by atoms with Crippen LogP contribution < -0.4 is 0 Å². The first-order valence-corrected chi connectivity index (χ1v) is 29.8. The van der Waals surface area contributed by atoms with Crippen LogP contribution in [0.5, 0.6) is 0 Å². The van der Waals surface area contributed by atoms with Crippen LogP contribution in [0.1, 0.15) is 336 Å². The molecule has 2 atom stereocenters. The van der Waals surface area contributed by atoms with Crippen molar-refractivity contribution in [2.24, 2.45) is 11.8 Å². The first-order chi connectivity index (χ1) is 32.3. The SMILES string of the molecule is CCCCCCCCCCCCCCCC(=O)OC[C@H](COC(=O)CCCCCCCCCCCCCCCCCCCCC(C)CC)OC(=O)CCCCCCCCCCCCC(C)C. The van der Waals surface area contributed by atoms with E-state index in [1.165, 1.54) is 225 Å². The van der Waals surface area contributed by atoms with Gasteiger partial charge in [-0.3, -0.25) is 14.4 Å². The fourth-order valence-electron chi connectivity index (χ4n) is 9.20. The molecular formula is C60H116O6. The summed E-state index contributed by atoms with van der Waals surface area (Å²) in [6, 6.07) is 0. The monoisotopic (exact) mass is 933 g/mol. The maximum absolute atomic E-state index is 12.8. The van der Waals surface area contributed by atoms with Gasteiger partial charge in [-0.25, -0.2) is 0 Å². The summed E-state index contributed by atoms with van der Waals surface area (Å²) >= 11 is 0. The Hall–Kier alpha value is -1.59. The molecule has 0 saturated carbocycles. The van der Waals surface area contributed by atoms with Gasteiger partial charge < -0.3 is 14.2 Å². The molecule has 0 aromatic carbocycles. The van der Waals surface area contributed by atoms with Gasteiger partial charge in [0.05, 0.1) is 0 Å². The zero-order valence-electron chi connectivity index (χ0n) is 45.3. The maximum atomic E-state index is 12.8. The minimum atomic E-state index is -0.762. The molecule has 6 heteroatoms. The largest absolute Gasteiger partial charge is 0.462 e. The summed E-state index contributed by atoms with van der Waals surface area (Å²) in [7, 11) is 0. The van der Waals surface area contributed by atoms with Crippen molar-refractivity contribution in [3.63, 3.8) is 0 Å². The smallest absolute Gasteiger partial charge is 0.306 e. The highest BCUT2D eigenvalue weighted by atomic mass is 16.6. The van der Waals surface area contributed by atoms with Gasteiger partial charge in [-0.2, -0.15) is 0 Å². The standard InChI is InChI=1S/C60H116O6/c1-6-8-9-10-11-12-13-20-24-30-35-40-45-50-58(61)64-53-57(66-60(63)52-47-42-37-32-27-26-28-33-38-43-48-55(3)4)54-65-59(62)51-46-41-36-31-25-22-19-17-15-14-16-18-21-23-29-34-39-44-49-56(5)7-2/h55-57H,6-54H2,1-5H3/t56?,57-/m1/s1. The van der Waals surface area contributed by atoms with Crippen molar-refractivity contribution < 1.29 is 28.6 Å². The lowest BCUT2D eigenvalue weighted by atomic mass is 9.99. The second-order valence-electron chi connectivity index (χ2n) is 21.4. The number of hydrogen-bond acceptors (Lipinski definition) is 6. The van der Waals surface area contributed by atoms with Crippen LogP contribution in [0.15, 0.2) is 0 Å². The Morgan fingerprint density at radius 3 is 0.864 bits per heavy atom. The second kappa shape index (κ2) is 52.8. The molecular weight excluding hydrogens is 817 g/mol. The van der Waals surface area contributed by atoms with E-state index in [4.69, 9.17) is 14.2 Å². The number of rotatable bonds is 54. The molecule has 0 saturated heterocycles. The van der Waals surface area contributed by atoms with E-state index in [9.17, 15) is 14.4 Å². The van der Waals surface area contributed by atoms with Crippen molar-refractivity contribution in [1.82, 2.24) is 0 Å². The molecule has 66 heavy (non-hydrogen) atoms. The fourth-order valence-corrected chi connectivity index (χ4v) is 9.20. The number of esters is 3. The summed E-state index contributed by atoms with van der Waals surface area (Å²) < 4.78 is 16.9. The summed E-state index contributed by atoms with van der Waals surface area (Å²) in [4.78, 5) is 38.1. The summed E-state index contributed by atoms with van der Waals surface area (Å²) in [5, 5.41) is 0. The number of ether oxygens (including phenoxy) is 3. The van der Waals surface area contributed by atoms with Crippen LogP contribution in [0.4, 0.5) is 0 Å². The highest BCUT2D eigenvalue weighted by molar-refractivity contribution is 5.71. The highest BCUT2D eigenvalue weighted by Crippen LogP contribution is 2.19. The van der Waals surface area contributed by atoms with Crippen molar-refractivity contribution in [3.8, 4) is 0 Å². The summed E-state index contributed by atoms with van der Waals surface area (Å²) in [6.45, 7) is 11.4. The third-order valence-electron chi connectivity index (χ3n) is 14.1. The Morgan fingerprint density at radius 1 is 0.318 bits per heavy atom. The molecule has 0 N–H and O–H groups in total. The topological polar surface area (TPSA) is 78.9 Å².